The SMILES string of the molecule is CCCCC[C@@H](O)/C=C/[C@@H]1[C@H](O)CC(=O)[C@@H]1C/C=C/CCCC(=O)O. The number of allylic oxidation sites excluding steroid dienone is 2. The summed E-state index contributed by atoms with van der Waals surface area (Å²) in [5, 5.41) is 28.7. The molecule has 0 aromatic carbocycles. The standard InChI is InChI=1S/C20H32O5/c1-2-3-6-9-15(21)12-13-17-16(18(22)14-19(17)23)10-7-4-5-8-11-20(24)25/h4,7,12-13,15-17,19,21,23H,2-3,5-6,8-11,14H2,1H3,(H,24,25)/b7-4+,13-12+/t15-,16-,17+,19-/m1/s1. The van der Waals surface area contributed by atoms with Gasteiger partial charge in [0.15, 0.2) is 0 Å². The Morgan fingerprint density at radius 2 is 2.04 bits per heavy atom. The van der Waals surface area contributed by atoms with Crippen molar-refractivity contribution in [2.75, 3.05) is 0 Å². The molecule has 1 aliphatic carbocycles. The Morgan fingerprint density at radius 3 is 2.72 bits per heavy atom. The van der Waals surface area contributed by atoms with E-state index >= 15 is 0 Å². The van der Waals surface area contributed by atoms with Crippen LogP contribution in [0.2, 0.25) is 0 Å². The van der Waals surface area contributed by atoms with E-state index in [0.717, 1.165) is 19.3 Å². The van der Waals surface area contributed by atoms with Gasteiger partial charge in [-0.1, -0.05) is 50.5 Å². The molecule has 0 unspecified atom stereocenters. The largest absolute Gasteiger partial charge is 0.481 e. The van der Waals surface area contributed by atoms with Gasteiger partial charge >= 0.3 is 5.97 Å². The lowest BCUT2D eigenvalue weighted by molar-refractivity contribution is -0.137. The number of aliphatic hydroxyl groups is 2. The van der Waals surface area contributed by atoms with Crippen LogP contribution >= 0.6 is 0 Å². The number of hydrogen-bond acceptors (Lipinski definition) is 4. The van der Waals surface area contributed by atoms with E-state index in [1.807, 2.05) is 12.2 Å². The Hall–Kier alpha value is -1.46. The predicted octanol–water partition coefficient (Wildman–Crippen LogP) is 3.25. The minimum atomic E-state index is -0.801. The number of carbonyl (C=O) groups excluding carboxylic acids is 1. The lowest BCUT2D eigenvalue weighted by atomic mass is 9.90. The number of ketones is 1. The maximum absolute atomic E-state index is 12.1. The average Bonchev–Trinajstić information content (AvgIpc) is 2.82. The number of carboxylic acids is 1. The zero-order valence-corrected chi connectivity index (χ0v) is 15.1. The van der Waals surface area contributed by atoms with E-state index in [9.17, 15) is 19.8 Å². The van der Waals surface area contributed by atoms with Gasteiger partial charge in [0.05, 0.1) is 12.2 Å². The minimum absolute atomic E-state index is 0.0535. The number of carbonyl (C=O) groups is 2. The van der Waals surface area contributed by atoms with Crippen molar-refractivity contribution in [2.24, 2.45) is 11.8 Å². The molecule has 0 aliphatic heterocycles. The van der Waals surface area contributed by atoms with Crippen LogP contribution in [0.25, 0.3) is 0 Å². The number of rotatable bonds is 12. The van der Waals surface area contributed by atoms with Gasteiger partial charge in [0.2, 0.25) is 0 Å². The van der Waals surface area contributed by atoms with E-state index in [0.29, 0.717) is 25.7 Å². The van der Waals surface area contributed by atoms with Gasteiger partial charge in [0, 0.05) is 24.7 Å². The highest BCUT2D eigenvalue weighted by Crippen LogP contribution is 2.33. The van der Waals surface area contributed by atoms with E-state index in [1.165, 1.54) is 0 Å². The van der Waals surface area contributed by atoms with E-state index in [4.69, 9.17) is 5.11 Å². The first kappa shape index (κ1) is 21.6. The van der Waals surface area contributed by atoms with Gasteiger partial charge in [0.1, 0.15) is 5.78 Å². The van der Waals surface area contributed by atoms with Crippen molar-refractivity contribution >= 4 is 11.8 Å². The molecule has 5 nitrogen and oxygen atoms in total. The van der Waals surface area contributed by atoms with Crippen molar-refractivity contribution in [2.45, 2.75) is 76.9 Å². The van der Waals surface area contributed by atoms with Crippen molar-refractivity contribution in [1.82, 2.24) is 0 Å². The molecule has 1 fully saturated rings. The van der Waals surface area contributed by atoms with Crippen LogP contribution in [0, 0.1) is 11.8 Å². The van der Waals surface area contributed by atoms with Gasteiger partial charge < -0.3 is 15.3 Å². The molecule has 0 spiro atoms. The quantitative estimate of drug-likeness (QED) is 0.370. The highest BCUT2D eigenvalue weighted by molar-refractivity contribution is 5.84. The minimum Gasteiger partial charge on any atom is -0.481 e. The molecule has 1 rings (SSSR count). The van der Waals surface area contributed by atoms with Crippen LogP contribution in [-0.4, -0.2) is 39.3 Å². The predicted molar refractivity (Wildman–Crippen MR) is 97.1 cm³/mol. The topological polar surface area (TPSA) is 94.8 Å². The van der Waals surface area contributed by atoms with Gasteiger partial charge in [-0.05, 0) is 25.7 Å². The monoisotopic (exact) mass is 352 g/mol. The van der Waals surface area contributed by atoms with Crippen LogP contribution in [0.3, 0.4) is 0 Å². The fourth-order valence-corrected chi connectivity index (χ4v) is 3.22. The van der Waals surface area contributed by atoms with Gasteiger partial charge in [-0.25, -0.2) is 0 Å². The summed E-state index contributed by atoms with van der Waals surface area (Å²) < 4.78 is 0. The molecule has 4 atom stereocenters. The van der Waals surface area contributed by atoms with E-state index in [1.54, 1.807) is 12.2 Å². The number of unbranched alkanes of at least 4 members (excludes halogenated alkanes) is 3. The van der Waals surface area contributed by atoms with Crippen LogP contribution < -0.4 is 0 Å². The van der Waals surface area contributed by atoms with Crippen molar-refractivity contribution in [3.63, 3.8) is 0 Å². The number of Topliss-reactive ketones (excluding diaryl/α,β-unsaturated/α-hetero) is 1. The summed E-state index contributed by atoms with van der Waals surface area (Å²) >= 11 is 0. The molecular weight excluding hydrogens is 320 g/mol. The molecule has 0 aromatic rings. The molecule has 0 heterocycles. The number of hydrogen-bond donors (Lipinski definition) is 3. The summed E-state index contributed by atoms with van der Waals surface area (Å²) in [5.74, 6) is -1.26. The molecule has 0 aromatic heterocycles. The zero-order chi connectivity index (χ0) is 18.7. The summed E-state index contributed by atoms with van der Waals surface area (Å²) in [5.41, 5.74) is 0. The van der Waals surface area contributed by atoms with Crippen molar-refractivity contribution < 1.29 is 24.9 Å². The Kier molecular flexibility index (Phi) is 10.3. The third-order valence-corrected chi connectivity index (χ3v) is 4.71. The van der Waals surface area contributed by atoms with Crippen LogP contribution in [0.4, 0.5) is 0 Å². The average molecular weight is 352 g/mol. The summed E-state index contributed by atoms with van der Waals surface area (Å²) in [4.78, 5) is 22.5. The first-order valence-corrected chi connectivity index (χ1v) is 9.39. The summed E-state index contributed by atoms with van der Waals surface area (Å²) in [6.45, 7) is 2.11. The van der Waals surface area contributed by atoms with Crippen molar-refractivity contribution in [3.8, 4) is 0 Å². The van der Waals surface area contributed by atoms with Crippen molar-refractivity contribution in [3.05, 3.63) is 24.3 Å². The summed E-state index contributed by atoms with van der Waals surface area (Å²) in [6.07, 6.45) is 12.1. The molecule has 0 saturated heterocycles. The Morgan fingerprint density at radius 1 is 1.28 bits per heavy atom. The third-order valence-electron chi connectivity index (χ3n) is 4.71. The smallest absolute Gasteiger partial charge is 0.303 e. The Labute approximate surface area is 150 Å². The number of aliphatic hydroxyl groups excluding tert-OH is 2. The highest BCUT2D eigenvalue weighted by atomic mass is 16.4. The summed E-state index contributed by atoms with van der Waals surface area (Å²) in [6, 6.07) is 0. The molecule has 25 heavy (non-hydrogen) atoms. The lowest BCUT2D eigenvalue weighted by Crippen LogP contribution is -2.18. The molecule has 5 heteroatoms. The van der Waals surface area contributed by atoms with Crippen LogP contribution in [0.15, 0.2) is 24.3 Å². The zero-order valence-electron chi connectivity index (χ0n) is 15.1. The fraction of sp³-hybridized carbons (Fsp3) is 0.700. The number of aliphatic carboxylic acids is 1. The maximum atomic E-state index is 12.1. The molecule has 3 N–H and O–H groups in total. The second kappa shape index (κ2) is 12.0. The Balaban J connectivity index is 2.48. The molecular formula is C20H32O5. The third kappa shape index (κ3) is 8.45. The van der Waals surface area contributed by atoms with E-state index < -0.39 is 18.2 Å². The van der Waals surface area contributed by atoms with Crippen LogP contribution in [0.5, 0.6) is 0 Å². The second-order valence-electron chi connectivity index (χ2n) is 6.86. The van der Waals surface area contributed by atoms with E-state index in [-0.39, 0.29) is 30.5 Å². The first-order chi connectivity index (χ1) is 12.0. The van der Waals surface area contributed by atoms with Gasteiger partial charge in [0.25, 0.3) is 0 Å². The molecule has 1 aliphatic rings. The number of carboxylic acid groups (broad SMARTS) is 1. The summed E-state index contributed by atoms with van der Waals surface area (Å²) in [7, 11) is 0. The normalized spacial score (nSPS) is 25.2. The molecule has 0 amide bonds. The van der Waals surface area contributed by atoms with Crippen LogP contribution in [-0.2, 0) is 9.59 Å². The highest BCUT2D eigenvalue weighted by Gasteiger charge is 2.39. The molecule has 142 valence electrons. The Bertz CT molecular complexity index is 469. The van der Waals surface area contributed by atoms with Gasteiger partial charge in [-0.3, -0.25) is 9.59 Å². The molecule has 1 saturated carbocycles. The molecule has 0 radical (unpaired) electrons. The van der Waals surface area contributed by atoms with Crippen molar-refractivity contribution in [1.29, 1.82) is 0 Å². The first-order valence-electron chi connectivity index (χ1n) is 9.39. The van der Waals surface area contributed by atoms with Crippen LogP contribution in [0.1, 0.15) is 64.7 Å². The maximum Gasteiger partial charge on any atom is 0.303 e. The lowest BCUT2D eigenvalue weighted by Gasteiger charge is -2.16. The molecule has 0 bridgehead atoms. The fourth-order valence-electron chi connectivity index (χ4n) is 3.22. The second-order valence-corrected chi connectivity index (χ2v) is 6.86. The van der Waals surface area contributed by atoms with E-state index in [2.05, 4.69) is 6.92 Å². The van der Waals surface area contributed by atoms with Gasteiger partial charge in [-0.2, -0.15) is 0 Å². The van der Waals surface area contributed by atoms with Gasteiger partial charge in [-0.15, -0.1) is 0 Å².